The van der Waals surface area contributed by atoms with Crippen LogP contribution in [0.15, 0.2) is 47.2 Å². The second-order valence-electron chi connectivity index (χ2n) is 5.26. The van der Waals surface area contributed by atoms with Gasteiger partial charge in [-0.15, -0.1) is 0 Å². The number of benzene rings is 1. The van der Waals surface area contributed by atoms with Crippen molar-refractivity contribution in [2.24, 2.45) is 0 Å². The zero-order chi connectivity index (χ0) is 15.2. The van der Waals surface area contributed by atoms with Gasteiger partial charge in [0.2, 0.25) is 0 Å². The van der Waals surface area contributed by atoms with E-state index in [0.29, 0.717) is 0 Å². The molecule has 2 aromatic rings. The normalized spacial score (nSPS) is 12.4. The van der Waals surface area contributed by atoms with E-state index in [0.717, 1.165) is 22.2 Å². The Labute approximate surface area is 134 Å². The molecule has 1 atom stereocenters. The van der Waals surface area contributed by atoms with Gasteiger partial charge in [-0.2, -0.15) is 0 Å². The van der Waals surface area contributed by atoms with Crippen LogP contribution < -0.4 is 10.1 Å². The third kappa shape index (κ3) is 4.55. The summed E-state index contributed by atoms with van der Waals surface area (Å²) in [7, 11) is 1.97. The van der Waals surface area contributed by atoms with Gasteiger partial charge in [-0.3, -0.25) is 4.98 Å². The Morgan fingerprint density at radius 1 is 1.24 bits per heavy atom. The molecule has 0 radical (unpaired) electrons. The van der Waals surface area contributed by atoms with Crippen LogP contribution in [0.4, 0.5) is 0 Å². The van der Waals surface area contributed by atoms with E-state index in [1.165, 1.54) is 5.56 Å². The molecule has 0 spiro atoms. The van der Waals surface area contributed by atoms with E-state index in [1.54, 1.807) is 6.20 Å². The number of hydrogen-bond donors (Lipinski definition) is 1. The first-order valence-corrected chi connectivity index (χ1v) is 7.91. The van der Waals surface area contributed by atoms with Crippen molar-refractivity contribution in [2.45, 2.75) is 32.4 Å². The van der Waals surface area contributed by atoms with Crippen molar-refractivity contribution >= 4 is 15.9 Å². The van der Waals surface area contributed by atoms with Crippen molar-refractivity contribution in [3.8, 4) is 5.75 Å². The first kappa shape index (κ1) is 16.0. The molecule has 1 aromatic carbocycles. The SMILES string of the molecule is CNC(Cc1ccccc1Br)c1cncc(OC(C)C)c1. The van der Waals surface area contributed by atoms with E-state index < -0.39 is 0 Å². The van der Waals surface area contributed by atoms with Crippen molar-refractivity contribution in [1.82, 2.24) is 10.3 Å². The Morgan fingerprint density at radius 2 is 2.00 bits per heavy atom. The van der Waals surface area contributed by atoms with Gasteiger partial charge in [0.15, 0.2) is 0 Å². The van der Waals surface area contributed by atoms with Crippen molar-refractivity contribution in [3.05, 3.63) is 58.3 Å². The first-order chi connectivity index (χ1) is 10.1. The van der Waals surface area contributed by atoms with Crippen LogP contribution in [0.25, 0.3) is 0 Å². The van der Waals surface area contributed by atoms with Gasteiger partial charge in [0, 0.05) is 16.7 Å². The maximum absolute atomic E-state index is 5.72. The summed E-state index contributed by atoms with van der Waals surface area (Å²) in [6, 6.07) is 10.6. The topological polar surface area (TPSA) is 34.2 Å². The van der Waals surface area contributed by atoms with E-state index in [1.807, 2.05) is 33.2 Å². The van der Waals surface area contributed by atoms with Crippen LogP contribution in [0.5, 0.6) is 5.75 Å². The van der Waals surface area contributed by atoms with Gasteiger partial charge in [0.1, 0.15) is 5.75 Å². The van der Waals surface area contributed by atoms with Crippen LogP contribution in [0.2, 0.25) is 0 Å². The minimum absolute atomic E-state index is 0.151. The predicted molar refractivity (Wildman–Crippen MR) is 89.6 cm³/mol. The molecular weight excluding hydrogens is 328 g/mol. The van der Waals surface area contributed by atoms with E-state index in [4.69, 9.17) is 4.74 Å². The molecule has 0 saturated carbocycles. The van der Waals surface area contributed by atoms with Crippen LogP contribution >= 0.6 is 15.9 Å². The summed E-state index contributed by atoms with van der Waals surface area (Å²) in [6.45, 7) is 4.03. The molecule has 21 heavy (non-hydrogen) atoms. The lowest BCUT2D eigenvalue weighted by Gasteiger charge is -2.18. The van der Waals surface area contributed by atoms with Crippen LogP contribution in [0.3, 0.4) is 0 Å². The van der Waals surface area contributed by atoms with Gasteiger partial charge >= 0.3 is 0 Å². The van der Waals surface area contributed by atoms with Gasteiger partial charge in [0.05, 0.1) is 12.3 Å². The molecule has 0 aliphatic rings. The number of hydrogen-bond acceptors (Lipinski definition) is 3. The van der Waals surface area contributed by atoms with Crippen LogP contribution in [0.1, 0.15) is 31.0 Å². The van der Waals surface area contributed by atoms with Crippen molar-refractivity contribution in [3.63, 3.8) is 0 Å². The molecular formula is C17H21BrN2O. The van der Waals surface area contributed by atoms with Crippen molar-refractivity contribution in [1.29, 1.82) is 0 Å². The number of nitrogens with zero attached hydrogens (tertiary/aromatic N) is 1. The quantitative estimate of drug-likeness (QED) is 0.851. The first-order valence-electron chi connectivity index (χ1n) is 7.12. The Bertz CT molecular complexity index is 587. The highest BCUT2D eigenvalue weighted by atomic mass is 79.9. The summed E-state index contributed by atoms with van der Waals surface area (Å²) < 4.78 is 6.86. The van der Waals surface area contributed by atoms with Crippen LogP contribution in [-0.4, -0.2) is 18.1 Å². The number of nitrogens with one attached hydrogen (secondary N) is 1. The number of pyridine rings is 1. The highest BCUT2D eigenvalue weighted by Crippen LogP contribution is 2.25. The van der Waals surface area contributed by atoms with Crippen molar-refractivity contribution < 1.29 is 4.74 Å². The molecule has 1 N–H and O–H groups in total. The molecule has 112 valence electrons. The molecule has 0 amide bonds. The van der Waals surface area contributed by atoms with Crippen LogP contribution in [-0.2, 0) is 6.42 Å². The summed E-state index contributed by atoms with van der Waals surface area (Å²) in [6.07, 6.45) is 4.70. The largest absolute Gasteiger partial charge is 0.489 e. The molecule has 4 heteroatoms. The molecule has 0 aliphatic carbocycles. The molecule has 1 aromatic heterocycles. The average Bonchev–Trinajstić information content (AvgIpc) is 2.46. The zero-order valence-corrected chi connectivity index (χ0v) is 14.2. The predicted octanol–water partition coefficient (Wildman–Crippen LogP) is 4.13. The number of likely N-dealkylation sites (N-methyl/N-ethyl adjacent to an activating group) is 1. The minimum atomic E-state index is 0.151. The van der Waals surface area contributed by atoms with Gasteiger partial charge in [-0.1, -0.05) is 34.1 Å². The van der Waals surface area contributed by atoms with Crippen molar-refractivity contribution in [2.75, 3.05) is 7.05 Å². The monoisotopic (exact) mass is 348 g/mol. The second kappa shape index (κ2) is 7.57. The van der Waals surface area contributed by atoms with Gasteiger partial charge < -0.3 is 10.1 Å². The van der Waals surface area contributed by atoms with E-state index in [2.05, 4.69) is 50.5 Å². The number of aromatic nitrogens is 1. The fourth-order valence-electron chi connectivity index (χ4n) is 2.23. The molecule has 3 nitrogen and oxygen atoms in total. The van der Waals surface area contributed by atoms with Gasteiger partial charge in [-0.05, 0) is 50.6 Å². The smallest absolute Gasteiger partial charge is 0.138 e. The fraction of sp³-hybridized carbons (Fsp3) is 0.353. The Balaban J connectivity index is 2.19. The number of halogens is 1. The van der Waals surface area contributed by atoms with Gasteiger partial charge in [-0.25, -0.2) is 0 Å². The van der Waals surface area contributed by atoms with Crippen LogP contribution in [0, 0.1) is 0 Å². The number of rotatable bonds is 6. The fourth-order valence-corrected chi connectivity index (χ4v) is 2.68. The lowest BCUT2D eigenvalue weighted by molar-refractivity contribution is 0.241. The summed E-state index contributed by atoms with van der Waals surface area (Å²) in [5.41, 5.74) is 2.40. The third-order valence-electron chi connectivity index (χ3n) is 3.24. The summed E-state index contributed by atoms with van der Waals surface area (Å²) in [4.78, 5) is 4.29. The van der Waals surface area contributed by atoms with E-state index in [-0.39, 0.29) is 12.1 Å². The molecule has 0 aliphatic heterocycles. The molecule has 1 unspecified atom stereocenters. The highest BCUT2D eigenvalue weighted by molar-refractivity contribution is 9.10. The molecule has 2 rings (SSSR count). The average molecular weight is 349 g/mol. The van der Waals surface area contributed by atoms with Gasteiger partial charge in [0.25, 0.3) is 0 Å². The number of ether oxygens (including phenoxy) is 1. The maximum Gasteiger partial charge on any atom is 0.138 e. The minimum Gasteiger partial charge on any atom is -0.489 e. The highest BCUT2D eigenvalue weighted by Gasteiger charge is 2.13. The lowest BCUT2D eigenvalue weighted by Crippen LogP contribution is -2.19. The molecule has 0 saturated heterocycles. The third-order valence-corrected chi connectivity index (χ3v) is 4.01. The molecule has 0 bridgehead atoms. The Morgan fingerprint density at radius 3 is 2.67 bits per heavy atom. The molecule has 1 heterocycles. The summed E-state index contributed by atoms with van der Waals surface area (Å²) >= 11 is 3.61. The zero-order valence-electron chi connectivity index (χ0n) is 12.6. The second-order valence-corrected chi connectivity index (χ2v) is 6.11. The maximum atomic E-state index is 5.72. The molecule has 0 fully saturated rings. The summed E-state index contributed by atoms with van der Waals surface area (Å²) in [5, 5.41) is 3.36. The Kier molecular flexibility index (Phi) is 5.76. The standard InChI is InChI=1S/C17H21BrN2O/c1-12(2)21-15-8-14(10-20-11-15)17(19-3)9-13-6-4-5-7-16(13)18/h4-8,10-12,17,19H,9H2,1-3H3. The van der Waals surface area contributed by atoms with E-state index in [9.17, 15) is 0 Å². The van der Waals surface area contributed by atoms with E-state index >= 15 is 0 Å². The summed E-state index contributed by atoms with van der Waals surface area (Å²) in [5.74, 6) is 0.815. The Hall–Kier alpha value is -1.39. The lowest BCUT2D eigenvalue weighted by atomic mass is 10.0.